The molecule has 2 aromatic rings. The maximum atomic E-state index is 13.0. The highest BCUT2D eigenvalue weighted by Gasteiger charge is 2.73. The molecule has 0 radical (unpaired) electrons. The van der Waals surface area contributed by atoms with Gasteiger partial charge >= 0.3 is 0 Å². The summed E-state index contributed by atoms with van der Waals surface area (Å²) in [5.41, 5.74) is 0.646. The number of ether oxygens (including phenoxy) is 1. The average Bonchev–Trinajstić information content (AvgIpc) is 3.61. The predicted octanol–water partition coefficient (Wildman–Crippen LogP) is 2.32. The molecule has 5 atom stereocenters. The van der Waals surface area contributed by atoms with E-state index in [-0.39, 0.29) is 11.8 Å². The molecule has 5 unspecified atom stereocenters. The van der Waals surface area contributed by atoms with Crippen LogP contribution in [0.5, 0.6) is 11.5 Å². The van der Waals surface area contributed by atoms with Crippen molar-refractivity contribution in [3.05, 3.63) is 59.2 Å². The summed E-state index contributed by atoms with van der Waals surface area (Å²) in [4.78, 5) is 28.3. The number of Topliss-reactive ketones (excluding diaryl/α,β-unsaturated/α-hetero) is 1. The molecular formula is C28H30N2O5. The molecule has 2 bridgehead atoms. The number of phenolic OH excluding ortho intramolecular Hbond substituents is 1. The second-order valence-corrected chi connectivity index (χ2v) is 11.1. The van der Waals surface area contributed by atoms with Crippen molar-refractivity contribution in [3.8, 4) is 11.5 Å². The summed E-state index contributed by atoms with van der Waals surface area (Å²) < 4.78 is 6.45. The Balaban J connectivity index is 1.26. The fraction of sp³-hybridized carbons (Fsp3) is 0.500. The summed E-state index contributed by atoms with van der Waals surface area (Å²) in [5, 5.41) is 26.1. The number of hydrogen-bond donors (Lipinski definition) is 3. The number of nitrogens with zero attached hydrogens (tertiary/aromatic N) is 1. The van der Waals surface area contributed by atoms with Crippen LogP contribution in [0.15, 0.2) is 42.5 Å². The van der Waals surface area contributed by atoms with Gasteiger partial charge in [-0.15, -0.1) is 0 Å². The molecule has 2 aliphatic heterocycles. The topological polar surface area (TPSA) is 99.1 Å². The molecule has 2 saturated carbocycles. The monoisotopic (exact) mass is 474 g/mol. The molecule has 3 fully saturated rings. The van der Waals surface area contributed by atoms with Crippen LogP contribution in [0.2, 0.25) is 0 Å². The molecule has 7 rings (SSSR count). The van der Waals surface area contributed by atoms with Crippen molar-refractivity contribution < 1.29 is 24.5 Å². The van der Waals surface area contributed by atoms with E-state index < -0.39 is 34.9 Å². The highest BCUT2D eigenvalue weighted by Crippen LogP contribution is 2.65. The van der Waals surface area contributed by atoms with Gasteiger partial charge in [-0.05, 0) is 62.6 Å². The molecule has 3 N–H and O–H groups in total. The number of aliphatic hydroxyl groups is 1. The molecular weight excluding hydrogens is 444 g/mol. The van der Waals surface area contributed by atoms with Crippen LogP contribution in [0.1, 0.15) is 53.6 Å². The first-order valence-corrected chi connectivity index (χ1v) is 12.8. The van der Waals surface area contributed by atoms with Crippen LogP contribution in [-0.4, -0.2) is 63.7 Å². The third-order valence-corrected chi connectivity index (χ3v) is 9.32. The van der Waals surface area contributed by atoms with Gasteiger partial charge in [-0.25, -0.2) is 0 Å². The van der Waals surface area contributed by atoms with E-state index >= 15 is 0 Å². The molecule has 1 spiro atoms. The number of aromatic hydroxyl groups is 1. The molecule has 2 aromatic carbocycles. The fourth-order valence-electron chi connectivity index (χ4n) is 7.58. The summed E-state index contributed by atoms with van der Waals surface area (Å²) in [6, 6.07) is 11.7. The van der Waals surface area contributed by atoms with Gasteiger partial charge in [0.05, 0.1) is 17.1 Å². The summed E-state index contributed by atoms with van der Waals surface area (Å²) in [7, 11) is 0. The van der Waals surface area contributed by atoms with Gasteiger partial charge in [-0.3, -0.25) is 14.5 Å². The maximum absolute atomic E-state index is 13.0. The number of likely N-dealkylation sites (tertiary alicyclic amines) is 1. The first-order valence-electron chi connectivity index (χ1n) is 12.8. The van der Waals surface area contributed by atoms with Crippen LogP contribution in [0.4, 0.5) is 0 Å². The van der Waals surface area contributed by atoms with E-state index in [4.69, 9.17) is 4.74 Å². The lowest BCUT2D eigenvalue weighted by molar-refractivity contribution is -0.192. The Bertz CT molecular complexity index is 1230. The summed E-state index contributed by atoms with van der Waals surface area (Å²) >= 11 is 0. The van der Waals surface area contributed by atoms with Crippen molar-refractivity contribution in [3.63, 3.8) is 0 Å². The van der Waals surface area contributed by atoms with Crippen molar-refractivity contribution in [2.24, 2.45) is 5.92 Å². The summed E-state index contributed by atoms with van der Waals surface area (Å²) in [6.45, 7) is 1.86. The van der Waals surface area contributed by atoms with Crippen LogP contribution in [0.3, 0.4) is 0 Å². The lowest BCUT2D eigenvalue weighted by atomic mass is 9.48. The fourth-order valence-corrected chi connectivity index (χ4v) is 7.58. The number of carbonyl (C=O) groups excluding carboxylic acids is 2. The zero-order chi connectivity index (χ0) is 23.9. The molecule has 182 valence electrons. The molecule has 5 aliphatic rings. The smallest absolute Gasteiger partial charge is 0.292 e. The van der Waals surface area contributed by atoms with E-state index in [9.17, 15) is 19.8 Å². The summed E-state index contributed by atoms with van der Waals surface area (Å²) in [5.74, 6) is -0.0104. The largest absolute Gasteiger partial charge is 0.504 e. The van der Waals surface area contributed by atoms with Gasteiger partial charge in [0.1, 0.15) is 6.10 Å². The van der Waals surface area contributed by atoms with Crippen molar-refractivity contribution in [1.29, 1.82) is 0 Å². The summed E-state index contributed by atoms with van der Waals surface area (Å²) in [6.07, 6.45) is 4.42. The first kappa shape index (κ1) is 21.4. The van der Waals surface area contributed by atoms with Crippen LogP contribution in [0, 0.1) is 5.92 Å². The zero-order valence-electron chi connectivity index (χ0n) is 19.6. The Morgan fingerprint density at radius 2 is 1.89 bits per heavy atom. The van der Waals surface area contributed by atoms with Gasteiger partial charge in [0.15, 0.2) is 11.5 Å². The van der Waals surface area contributed by atoms with Gasteiger partial charge in [0, 0.05) is 23.7 Å². The minimum Gasteiger partial charge on any atom is -0.504 e. The molecule has 2 heterocycles. The van der Waals surface area contributed by atoms with Crippen LogP contribution >= 0.6 is 0 Å². The second kappa shape index (κ2) is 7.31. The zero-order valence-corrected chi connectivity index (χ0v) is 19.6. The molecule has 7 heteroatoms. The molecule has 3 aliphatic carbocycles. The SMILES string of the molecule is O=C(NC1CCC2(O)C3Cc4ccc(O)c5c4C2(CCN3CC2CC2)C1O5)C(=O)c1ccccc1. The van der Waals surface area contributed by atoms with E-state index in [1.165, 1.54) is 12.8 Å². The average molecular weight is 475 g/mol. The van der Waals surface area contributed by atoms with Crippen molar-refractivity contribution in [2.45, 2.75) is 67.7 Å². The Kier molecular flexibility index (Phi) is 4.46. The molecule has 1 amide bonds. The predicted molar refractivity (Wildman–Crippen MR) is 127 cm³/mol. The van der Waals surface area contributed by atoms with Crippen LogP contribution in [-0.2, 0) is 16.6 Å². The van der Waals surface area contributed by atoms with Gasteiger partial charge in [-0.1, -0.05) is 36.4 Å². The lowest BCUT2D eigenvalue weighted by Gasteiger charge is -2.64. The van der Waals surface area contributed by atoms with E-state index in [1.54, 1.807) is 36.4 Å². The Morgan fingerprint density at radius 1 is 1.09 bits per heavy atom. The number of piperidine rings is 1. The maximum Gasteiger partial charge on any atom is 0.292 e. The van der Waals surface area contributed by atoms with E-state index in [0.29, 0.717) is 30.6 Å². The standard InChI is InChI=1S/C28H30N2O5/c31-20-9-8-18-14-21-28(34)11-10-19(29-26(33)23(32)17-4-2-1-3-5-17)25-27(28,22(18)24(20)35-25)12-13-30(21)15-16-6-7-16/h1-5,8-9,16,19,21,25,31,34H,6-7,10-15H2,(H,29,33). The number of rotatable bonds is 5. The molecule has 35 heavy (non-hydrogen) atoms. The number of phenols is 1. The number of benzene rings is 2. The Morgan fingerprint density at radius 3 is 2.66 bits per heavy atom. The Hall–Kier alpha value is -2.90. The van der Waals surface area contributed by atoms with Crippen LogP contribution in [0.25, 0.3) is 0 Å². The Labute approximate surface area is 204 Å². The number of carbonyl (C=O) groups is 2. The van der Waals surface area contributed by atoms with Crippen molar-refractivity contribution >= 4 is 11.7 Å². The number of amides is 1. The quantitative estimate of drug-likeness (QED) is 0.455. The second-order valence-electron chi connectivity index (χ2n) is 11.1. The highest BCUT2D eigenvalue weighted by molar-refractivity contribution is 6.42. The normalized spacial score (nSPS) is 34.6. The van der Waals surface area contributed by atoms with Crippen molar-refractivity contribution in [1.82, 2.24) is 10.2 Å². The van der Waals surface area contributed by atoms with Crippen molar-refractivity contribution in [2.75, 3.05) is 13.1 Å². The van der Waals surface area contributed by atoms with E-state index in [0.717, 1.165) is 36.6 Å². The molecule has 7 nitrogen and oxygen atoms in total. The molecule has 1 saturated heterocycles. The van der Waals surface area contributed by atoms with Crippen LogP contribution < -0.4 is 10.1 Å². The van der Waals surface area contributed by atoms with E-state index in [2.05, 4.69) is 10.2 Å². The van der Waals surface area contributed by atoms with E-state index in [1.807, 2.05) is 6.07 Å². The van der Waals surface area contributed by atoms with Gasteiger partial charge in [0.2, 0.25) is 5.78 Å². The van der Waals surface area contributed by atoms with Gasteiger partial charge < -0.3 is 20.3 Å². The number of nitrogens with one attached hydrogen (secondary N) is 1. The molecule has 0 aromatic heterocycles. The first-order chi connectivity index (χ1) is 16.9. The highest BCUT2D eigenvalue weighted by atomic mass is 16.5. The lowest BCUT2D eigenvalue weighted by Crippen LogP contribution is -2.78. The van der Waals surface area contributed by atoms with Gasteiger partial charge in [0.25, 0.3) is 5.91 Å². The number of ketones is 1. The third-order valence-electron chi connectivity index (χ3n) is 9.32. The minimum absolute atomic E-state index is 0.0199. The number of hydrogen-bond acceptors (Lipinski definition) is 6. The van der Waals surface area contributed by atoms with Gasteiger partial charge in [-0.2, -0.15) is 0 Å². The third kappa shape index (κ3) is 2.85. The minimum atomic E-state index is -1.01.